The monoisotopic (exact) mass is 277 g/mol. The van der Waals surface area contributed by atoms with Crippen LogP contribution in [0.1, 0.15) is 32.2 Å². The van der Waals surface area contributed by atoms with Gasteiger partial charge in [-0.05, 0) is 38.3 Å². The van der Waals surface area contributed by atoms with E-state index in [0.717, 1.165) is 23.4 Å². The Labute approximate surface area is 118 Å². The van der Waals surface area contributed by atoms with E-state index in [1.54, 1.807) is 11.8 Å². The fraction of sp³-hybridized carbons (Fsp3) is 0.429. The Balaban J connectivity index is 2.20. The summed E-state index contributed by atoms with van der Waals surface area (Å²) in [5, 5.41) is 11.6. The molecule has 1 aromatic carbocycles. The minimum absolute atomic E-state index is 0.0858. The second kappa shape index (κ2) is 6.73. The predicted molar refractivity (Wildman–Crippen MR) is 78.2 cm³/mol. The number of benzene rings is 1. The van der Waals surface area contributed by atoms with Crippen LogP contribution in [0.4, 0.5) is 0 Å². The zero-order valence-corrected chi connectivity index (χ0v) is 12.3. The quantitative estimate of drug-likeness (QED) is 0.819. The lowest BCUT2D eigenvalue weighted by molar-refractivity contribution is 0.423. The molecule has 0 aliphatic carbocycles. The summed E-state index contributed by atoms with van der Waals surface area (Å²) in [7, 11) is 0. The van der Waals surface area contributed by atoms with Crippen LogP contribution in [0.2, 0.25) is 0 Å². The molecule has 102 valence electrons. The molecular formula is C14H19N3OS. The van der Waals surface area contributed by atoms with Crippen molar-refractivity contribution < 1.29 is 4.42 Å². The van der Waals surface area contributed by atoms with E-state index in [9.17, 15) is 0 Å². The summed E-state index contributed by atoms with van der Waals surface area (Å²) in [6.45, 7) is 5.11. The molecule has 0 fully saturated rings. The van der Waals surface area contributed by atoms with Crippen molar-refractivity contribution in [2.75, 3.05) is 12.8 Å². The Kier molecular flexibility index (Phi) is 4.99. The summed E-state index contributed by atoms with van der Waals surface area (Å²) in [5.41, 5.74) is 0.997. The molecule has 1 heterocycles. The van der Waals surface area contributed by atoms with Gasteiger partial charge in [0.25, 0.3) is 0 Å². The van der Waals surface area contributed by atoms with Gasteiger partial charge in [-0.3, -0.25) is 0 Å². The lowest BCUT2D eigenvalue weighted by Gasteiger charge is -2.07. The molecule has 0 aliphatic heterocycles. The fourth-order valence-corrected chi connectivity index (χ4v) is 2.38. The summed E-state index contributed by atoms with van der Waals surface area (Å²) >= 11 is 1.68. The maximum Gasteiger partial charge on any atom is 0.248 e. The highest BCUT2D eigenvalue weighted by Crippen LogP contribution is 2.29. The number of nitrogens with zero attached hydrogens (tertiary/aromatic N) is 2. The van der Waals surface area contributed by atoms with Gasteiger partial charge in [-0.25, -0.2) is 0 Å². The lowest BCUT2D eigenvalue weighted by Crippen LogP contribution is -2.19. The highest BCUT2D eigenvalue weighted by atomic mass is 32.2. The highest BCUT2D eigenvalue weighted by Gasteiger charge is 2.15. The Morgan fingerprint density at radius 2 is 2.11 bits per heavy atom. The van der Waals surface area contributed by atoms with E-state index in [1.165, 1.54) is 0 Å². The van der Waals surface area contributed by atoms with Gasteiger partial charge in [0.05, 0.1) is 11.6 Å². The first-order valence-electron chi connectivity index (χ1n) is 6.46. The Morgan fingerprint density at radius 1 is 1.32 bits per heavy atom. The third kappa shape index (κ3) is 3.36. The molecule has 5 heteroatoms. The number of aromatic nitrogens is 2. The summed E-state index contributed by atoms with van der Waals surface area (Å²) in [4.78, 5) is 1.15. The van der Waals surface area contributed by atoms with E-state index < -0.39 is 0 Å². The molecule has 0 saturated carbocycles. The molecule has 2 rings (SSSR count). The second-order valence-electron chi connectivity index (χ2n) is 4.32. The molecular weight excluding hydrogens is 258 g/mol. The molecule has 19 heavy (non-hydrogen) atoms. The van der Waals surface area contributed by atoms with E-state index in [-0.39, 0.29) is 6.04 Å². The van der Waals surface area contributed by atoms with Crippen LogP contribution in [0.5, 0.6) is 0 Å². The fourth-order valence-electron chi connectivity index (χ4n) is 1.79. The first-order chi connectivity index (χ1) is 9.26. The number of rotatable bonds is 6. The van der Waals surface area contributed by atoms with E-state index in [0.29, 0.717) is 11.8 Å². The van der Waals surface area contributed by atoms with Crippen LogP contribution in [-0.4, -0.2) is 23.0 Å². The van der Waals surface area contributed by atoms with Crippen molar-refractivity contribution in [1.82, 2.24) is 15.5 Å². The zero-order chi connectivity index (χ0) is 13.7. The Morgan fingerprint density at radius 3 is 2.84 bits per heavy atom. The van der Waals surface area contributed by atoms with E-state index >= 15 is 0 Å². The standard InChI is InChI=1S/C14H19N3OS/c1-4-9-15-10(2)13-16-17-14(18-13)11-7-5-6-8-12(11)19-3/h5-8,10,15H,4,9H2,1-3H3. The highest BCUT2D eigenvalue weighted by molar-refractivity contribution is 7.98. The molecule has 0 spiro atoms. The Hall–Kier alpha value is -1.33. The first kappa shape index (κ1) is 14.1. The van der Waals surface area contributed by atoms with Crippen LogP contribution in [0.3, 0.4) is 0 Å². The van der Waals surface area contributed by atoms with Crippen LogP contribution >= 0.6 is 11.8 Å². The van der Waals surface area contributed by atoms with Crippen LogP contribution in [-0.2, 0) is 0 Å². The van der Waals surface area contributed by atoms with Crippen LogP contribution < -0.4 is 5.32 Å². The normalized spacial score (nSPS) is 12.6. The van der Waals surface area contributed by atoms with Gasteiger partial charge in [0, 0.05) is 4.90 Å². The number of thioether (sulfide) groups is 1. The second-order valence-corrected chi connectivity index (χ2v) is 5.17. The van der Waals surface area contributed by atoms with Gasteiger partial charge >= 0.3 is 0 Å². The van der Waals surface area contributed by atoms with Crippen molar-refractivity contribution in [3.05, 3.63) is 30.2 Å². The molecule has 1 aromatic heterocycles. The van der Waals surface area contributed by atoms with Gasteiger partial charge in [0.2, 0.25) is 11.8 Å². The molecule has 2 aromatic rings. The molecule has 0 radical (unpaired) electrons. The van der Waals surface area contributed by atoms with Crippen molar-refractivity contribution >= 4 is 11.8 Å². The summed E-state index contributed by atoms with van der Waals surface area (Å²) < 4.78 is 5.77. The minimum Gasteiger partial charge on any atom is -0.419 e. The Bertz CT molecular complexity index is 527. The molecule has 1 atom stereocenters. The van der Waals surface area contributed by atoms with Crippen LogP contribution in [0.25, 0.3) is 11.5 Å². The SMILES string of the molecule is CCCNC(C)c1nnc(-c2ccccc2SC)o1. The zero-order valence-electron chi connectivity index (χ0n) is 11.5. The number of hydrogen-bond donors (Lipinski definition) is 1. The molecule has 4 nitrogen and oxygen atoms in total. The maximum atomic E-state index is 5.77. The van der Waals surface area contributed by atoms with E-state index in [2.05, 4.69) is 28.5 Å². The van der Waals surface area contributed by atoms with Gasteiger partial charge < -0.3 is 9.73 Å². The summed E-state index contributed by atoms with van der Waals surface area (Å²) in [6, 6.07) is 8.15. The number of nitrogens with one attached hydrogen (secondary N) is 1. The van der Waals surface area contributed by atoms with E-state index in [4.69, 9.17) is 4.42 Å². The molecule has 0 aliphatic rings. The topological polar surface area (TPSA) is 51.0 Å². The number of hydrogen-bond acceptors (Lipinski definition) is 5. The molecule has 0 saturated heterocycles. The smallest absolute Gasteiger partial charge is 0.248 e. The van der Waals surface area contributed by atoms with E-state index in [1.807, 2.05) is 31.4 Å². The van der Waals surface area contributed by atoms with Crippen molar-refractivity contribution in [2.45, 2.75) is 31.2 Å². The van der Waals surface area contributed by atoms with Gasteiger partial charge in [-0.1, -0.05) is 19.1 Å². The van der Waals surface area contributed by atoms with Crippen molar-refractivity contribution in [3.63, 3.8) is 0 Å². The van der Waals surface area contributed by atoms with Crippen LogP contribution in [0.15, 0.2) is 33.6 Å². The minimum atomic E-state index is 0.0858. The molecule has 1 unspecified atom stereocenters. The van der Waals surface area contributed by atoms with Crippen LogP contribution in [0, 0.1) is 0 Å². The first-order valence-corrected chi connectivity index (χ1v) is 7.69. The largest absolute Gasteiger partial charge is 0.419 e. The van der Waals surface area contributed by atoms with Gasteiger partial charge in [-0.2, -0.15) is 0 Å². The van der Waals surface area contributed by atoms with Crippen molar-refractivity contribution in [3.8, 4) is 11.5 Å². The summed E-state index contributed by atoms with van der Waals surface area (Å²) in [6.07, 6.45) is 3.13. The van der Waals surface area contributed by atoms with Gasteiger partial charge in [0.1, 0.15) is 0 Å². The van der Waals surface area contributed by atoms with Crippen molar-refractivity contribution in [1.29, 1.82) is 0 Å². The van der Waals surface area contributed by atoms with Gasteiger partial charge in [-0.15, -0.1) is 22.0 Å². The maximum absolute atomic E-state index is 5.77. The molecule has 0 amide bonds. The average Bonchev–Trinajstić information content (AvgIpc) is 2.94. The average molecular weight is 277 g/mol. The molecule has 0 bridgehead atoms. The van der Waals surface area contributed by atoms with Crippen molar-refractivity contribution in [2.24, 2.45) is 0 Å². The summed E-state index contributed by atoms with van der Waals surface area (Å²) in [5.74, 6) is 1.23. The molecule has 1 N–H and O–H groups in total. The third-order valence-corrected chi connectivity index (χ3v) is 3.64. The van der Waals surface area contributed by atoms with Gasteiger partial charge in [0.15, 0.2) is 0 Å². The third-order valence-electron chi connectivity index (χ3n) is 2.85. The lowest BCUT2D eigenvalue weighted by atomic mass is 10.2. The predicted octanol–water partition coefficient (Wildman–Crippen LogP) is 3.52.